The van der Waals surface area contributed by atoms with E-state index in [9.17, 15) is 0 Å². The summed E-state index contributed by atoms with van der Waals surface area (Å²) in [4.78, 5) is 11.1. The maximum atomic E-state index is 5.95. The molecule has 0 atom stereocenters. The molecule has 27 heavy (non-hydrogen) atoms. The monoisotopic (exact) mass is 369 g/mol. The lowest BCUT2D eigenvalue weighted by atomic mass is 10.1. The molecule has 0 amide bonds. The number of rotatable bonds is 6. The standard InChI is InChI=1S/C18H27N9/c1-12-14-11-26(9-6-15(14)27(24-12)8-5-3-4-7-19)17-13-10-21-25(2)16(13)22-18(20)23-17/h10H,3-9,11,19H2,1-2H3,(H2,20,22,23). The molecule has 4 heterocycles. The average Bonchev–Trinajstić information content (AvgIpc) is 3.18. The van der Waals surface area contributed by atoms with Crippen molar-refractivity contribution in [2.24, 2.45) is 12.8 Å². The van der Waals surface area contributed by atoms with E-state index in [4.69, 9.17) is 16.6 Å². The van der Waals surface area contributed by atoms with E-state index in [1.165, 1.54) is 11.3 Å². The molecule has 0 aromatic carbocycles. The molecular formula is C18H27N9. The summed E-state index contributed by atoms with van der Waals surface area (Å²) in [6.07, 6.45) is 6.10. The molecular weight excluding hydrogens is 342 g/mol. The fourth-order valence-corrected chi connectivity index (χ4v) is 3.88. The van der Waals surface area contributed by atoms with Crippen molar-refractivity contribution in [3.05, 3.63) is 23.1 Å². The van der Waals surface area contributed by atoms with E-state index in [0.717, 1.165) is 74.4 Å². The van der Waals surface area contributed by atoms with Gasteiger partial charge in [-0.3, -0.25) is 9.36 Å². The van der Waals surface area contributed by atoms with Gasteiger partial charge in [0.1, 0.15) is 5.82 Å². The number of hydrogen-bond donors (Lipinski definition) is 2. The quantitative estimate of drug-likeness (QED) is 0.626. The fraction of sp³-hybridized carbons (Fsp3) is 0.556. The number of hydrogen-bond acceptors (Lipinski definition) is 7. The van der Waals surface area contributed by atoms with Gasteiger partial charge in [-0.25, -0.2) is 0 Å². The zero-order chi connectivity index (χ0) is 19.0. The maximum absolute atomic E-state index is 5.95. The topological polar surface area (TPSA) is 117 Å². The van der Waals surface area contributed by atoms with Gasteiger partial charge in [-0.1, -0.05) is 6.42 Å². The van der Waals surface area contributed by atoms with Crippen molar-refractivity contribution < 1.29 is 0 Å². The van der Waals surface area contributed by atoms with Crippen LogP contribution in [0.15, 0.2) is 6.20 Å². The predicted octanol–water partition coefficient (Wildman–Crippen LogP) is 1.14. The molecule has 3 aromatic rings. The number of nitrogen functional groups attached to an aromatic ring is 1. The Hall–Kier alpha value is -2.68. The highest BCUT2D eigenvalue weighted by molar-refractivity contribution is 5.88. The van der Waals surface area contributed by atoms with Crippen LogP contribution in [0.1, 0.15) is 36.2 Å². The average molecular weight is 369 g/mol. The van der Waals surface area contributed by atoms with Crippen molar-refractivity contribution in [1.29, 1.82) is 0 Å². The zero-order valence-corrected chi connectivity index (χ0v) is 16.0. The Balaban J connectivity index is 1.60. The van der Waals surface area contributed by atoms with Crippen molar-refractivity contribution in [1.82, 2.24) is 29.5 Å². The van der Waals surface area contributed by atoms with E-state index >= 15 is 0 Å². The molecule has 0 aliphatic carbocycles. The van der Waals surface area contributed by atoms with E-state index in [0.29, 0.717) is 0 Å². The number of nitrogens with two attached hydrogens (primary N) is 2. The summed E-state index contributed by atoms with van der Waals surface area (Å²) in [6.45, 7) is 5.47. The minimum absolute atomic E-state index is 0.277. The molecule has 9 nitrogen and oxygen atoms in total. The number of aryl methyl sites for hydroxylation is 3. The van der Waals surface area contributed by atoms with Crippen molar-refractivity contribution in [2.75, 3.05) is 23.7 Å². The molecule has 0 radical (unpaired) electrons. The minimum atomic E-state index is 0.277. The van der Waals surface area contributed by atoms with Gasteiger partial charge in [-0.15, -0.1) is 0 Å². The summed E-state index contributed by atoms with van der Waals surface area (Å²) in [5.74, 6) is 1.13. The van der Waals surface area contributed by atoms with Gasteiger partial charge in [0.2, 0.25) is 5.95 Å². The highest BCUT2D eigenvalue weighted by Crippen LogP contribution is 2.30. The summed E-state index contributed by atoms with van der Waals surface area (Å²) < 4.78 is 3.92. The van der Waals surface area contributed by atoms with Crippen LogP contribution >= 0.6 is 0 Å². The van der Waals surface area contributed by atoms with E-state index in [1.807, 2.05) is 13.2 Å². The van der Waals surface area contributed by atoms with Crippen LogP contribution < -0.4 is 16.4 Å². The Morgan fingerprint density at radius 2 is 2.04 bits per heavy atom. The second-order valence-electron chi connectivity index (χ2n) is 7.17. The summed E-state index contributed by atoms with van der Waals surface area (Å²) >= 11 is 0. The van der Waals surface area contributed by atoms with E-state index in [-0.39, 0.29) is 5.95 Å². The Labute approximate surface area is 158 Å². The summed E-state index contributed by atoms with van der Waals surface area (Å²) in [5.41, 5.74) is 16.0. The molecule has 1 aliphatic rings. The Morgan fingerprint density at radius 3 is 2.85 bits per heavy atom. The van der Waals surface area contributed by atoms with Crippen LogP contribution in [0.4, 0.5) is 11.8 Å². The smallest absolute Gasteiger partial charge is 0.224 e. The second-order valence-corrected chi connectivity index (χ2v) is 7.17. The first kappa shape index (κ1) is 17.7. The first-order chi connectivity index (χ1) is 13.1. The summed E-state index contributed by atoms with van der Waals surface area (Å²) in [7, 11) is 1.87. The molecule has 1 aliphatic heterocycles. The molecule has 4 N–H and O–H groups in total. The second kappa shape index (κ2) is 7.15. The highest BCUT2D eigenvalue weighted by atomic mass is 15.3. The van der Waals surface area contributed by atoms with Crippen molar-refractivity contribution in [3.63, 3.8) is 0 Å². The van der Waals surface area contributed by atoms with E-state index < -0.39 is 0 Å². The predicted molar refractivity (Wildman–Crippen MR) is 105 cm³/mol. The molecule has 0 unspecified atom stereocenters. The first-order valence-electron chi connectivity index (χ1n) is 9.54. The molecule has 144 valence electrons. The fourth-order valence-electron chi connectivity index (χ4n) is 3.88. The lowest BCUT2D eigenvalue weighted by Gasteiger charge is -2.29. The van der Waals surface area contributed by atoms with Crippen LogP contribution in [0.25, 0.3) is 11.0 Å². The third kappa shape index (κ3) is 3.23. The minimum Gasteiger partial charge on any atom is -0.368 e. The molecule has 4 rings (SSSR count). The highest BCUT2D eigenvalue weighted by Gasteiger charge is 2.26. The number of anilines is 2. The summed E-state index contributed by atoms with van der Waals surface area (Å²) in [5, 5.41) is 10.0. The third-order valence-corrected chi connectivity index (χ3v) is 5.30. The van der Waals surface area contributed by atoms with Crippen molar-refractivity contribution in [3.8, 4) is 0 Å². The first-order valence-corrected chi connectivity index (χ1v) is 9.54. The molecule has 0 fully saturated rings. The Kier molecular flexibility index (Phi) is 4.69. The molecule has 0 spiro atoms. The number of fused-ring (bicyclic) bond motifs is 2. The van der Waals surface area contributed by atoms with Gasteiger partial charge in [0, 0.05) is 44.4 Å². The third-order valence-electron chi connectivity index (χ3n) is 5.30. The number of nitrogens with zero attached hydrogens (tertiary/aromatic N) is 7. The SMILES string of the molecule is Cc1nn(CCCCCN)c2c1CN(c1nc(N)nc3c1cnn3C)CC2. The molecule has 3 aromatic heterocycles. The molecule has 0 bridgehead atoms. The zero-order valence-electron chi connectivity index (χ0n) is 16.0. The van der Waals surface area contributed by atoms with Gasteiger partial charge in [-0.2, -0.15) is 20.2 Å². The molecule has 0 saturated heterocycles. The van der Waals surface area contributed by atoms with Gasteiger partial charge in [0.15, 0.2) is 5.65 Å². The lowest BCUT2D eigenvalue weighted by Crippen LogP contribution is -2.32. The van der Waals surface area contributed by atoms with Crippen LogP contribution in [-0.2, 0) is 26.6 Å². The summed E-state index contributed by atoms with van der Waals surface area (Å²) in [6, 6.07) is 0. The van der Waals surface area contributed by atoms with Crippen LogP contribution in [-0.4, -0.2) is 42.6 Å². The lowest BCUT2D eigenvalue weighted by molar-refractivity contribution is 0.519. The van der Waals surface area contributed by atoms with Crippen LogP contribution in [0.2, 0.25) is 0 Å². The van der Waals surface area contributed by atoms with E-state index in [1.54, 1.807) is 4.68 Å². The van der Waals surface area contributed by atoms with Crippen LogP contribution in [0.3, 0.4) is 0 Å². The molecule has 9 heteroatoms. The van der Waals surface area contributed by atoms with Gasteiger partial charge >= 0.3 is 0 Å². The van der Waals surface area contributed by atoms with Gasteiger partial charge < -0.3 is 16.4 Å². The van der Waals surface area contributed by atoms with Gasteiger partial charge in [0.25, 0.3) is 0 Å². The van der Waals surface area contributed by atoms with Gasteiger partial charge in [0.05, 0.1) is 17.3 Å². The maximum Gasteiger partial charge on any atom is 0.224 e. The van der Waals surface area contributed by atoms with Gasteiger partial charge in [-0.05, 0) is 26.3 Å². The number of aromatic nitrogens is 6. The molecule has 0 saturated carbocycles. The van der Waals surface area contributed by atoms with E-state index in [2.05, 4.69) is 31.6 Å². The van der Waals surface area contributed by atoms with Crippen LogP contribution in [0, 0.1) is 6.92 Å². The van der Waals surface area contributed by atoms with Crippen LogP contribution in [0.5, 0.6) is 0 Å². The van der Waals surface area contributed by atoms with Crippen molar-refractivity contribution >= 4 is 22.8 Å². The Bertz CT molecular complexity index is 956. The Morgan fingerprint density at radius 1 is 1.19 bits per heavy atom. The van der Waals surface area contributed by atoms with Crippen molar-refractivity contribution in [2.45, 2.75) is 45.7 Å². The normalized spacial score (nSPS) is 14.1. The largest absolute Gasteiger partial charge is 0.368 e. The number of unbranched alkanes of at least 4 members (excludes halogenated alkanes) is 2.